The van der Waals surface area contributed by atoms with E-state index < -0.39 is 36.8 Å². The Hall–Kier alpha value is 0.997. The zero-order valence-corrected chi connectivity index (χ0v) is 36.9. The van der Waals surface area contributed by atoms with Crippen LogP contribution < -0.4 is 5.79 Å². The van der Waals surface area contributed by atoms with Crippen LogP contribution in [0.15, 0.2) is 12.1 Å². The van der Waals surface area contributed by atoms with Gasteiger partial charge in [0.2, 0.25) is 0 Å². The first kappa shape index (κ1) is 39.2. The Balaban J connectivity index is 1.97. The third-order valence-electron chi connectivity index (χ3n) is 8.86. The fourth-order valence-electron chi connectivity index (χ4n) is 6.16. The van der Waals surface area contributed by atoms with E-state index in [1.54, 1.807) is 23.8 Å². The Labute approximate surface area is 280 Å². The minimum atomic E-state index is -2.17. The van der Waals surface area contributed by atoms with Gasteiger partial charge in [-0.3, -0.25) is 0 Å². The predicted molar refractivity (Wildman–Crippen MR) is 205 cm³/mol. The molecule has 0 aromatic carbocycles. The fraction of sp³-hybridized carbons (Fsp3) is 0.789. The van der Waals surface area contributed by atoms with Crippen molar-refractivity contribution >= 4 is 65.2 Å². The van der Waals surface area contributed by atoms with Gasteiger partial charge in [-0.25, -0.2) is 0 Å². The summed E-state index contributed by atoms with van der Waals surface area (Å²) in [5, 5.41) is 0. The van der Waals surface area contributed by atoms with E-state index in [2.05, 4.69) is 78.3 Å². The van der Waals surface area contributed by atoms with E-state index in [0.717, 1.165) is 0 Å². The standard InChI is InChI=1S/C32H52S2.6CH3.2Sn/c1-3-5-7-9-11-13-15-17-19-21-23-29-27-31(34-28-29)32-30(25-26-33-32)24-22-20-18-16-14-12-10-8-6-4-2;;;;;;;;/h25,27H,3-24H2,1-2H3;6*1H3;;. The first-order valence-corrected chi connectivity index (χ1v) is 40.0. The van der Waals surface area contributed by atoms with E-state index in [9.17, 15) is 0 Å². The van der Waals surface area contributed by atoms with Gasteiger partial charge in [0.25, 0.3) is 0 Å². The van der Waals surface area contributed by atoms with Crippen LogP contribution in [0.2, 0.25) is 29.6 Å². The molecular weight excluding hydrogens is 758 g/mol. The van der Waals surface area contributed by atoms with Crippen LogP contribution in [-0.4, -0.2) is 36.8 Å². The monoisotopic (exact) mass is 830 g/mol. The summed E-state index contributed by atoms with van der Waals surface area (Å²) in [4.78, 5) is 19.0. The molecule has 42 heavy (non-hydrogen) atoms. The third kappa shape index (κ3) is 15.5. The van der Waals surface area contributed by atoms with Gasteiger partial charge in [-0.05, 0) is 0 Å². The van der Waals surface area contributed by atoms with Gasteiger partial charge >= 0.3 is 250 Å². The predicted octanol–water partition coefficient (Wildman–Crippen LogP) is 13.5. The first-order valence-electron chi connectivity index (χ1n) is 18.3. The average Bonchev–Trinajstić information content (AvgIpc) is 3.55. The third-order valence-corrected chi connectivity index (χ3v) is 30.4. The Morgan fingerprint density at radius 3 is 1.26 bits per heavy atom. The van der Waals surface area contributed by atoms with Gasteiger partial charge in [0, 0.05) is 0 Å². The molecule has 242 valence electrons. The van der Waals surface area contributed by atoms with E-state index in [1.807, 2.05) is 2.89 Å². The van der Waals surface area contributed by atoms with Gasteiger partial charge in [0.1, 0.15) is 0 Å². The molecule has 0 saturated heterocycles. The molecular formula is C38H70S2Sn2. The van der Waals surface area contributed by atoms with Gasteiger partial charge < -0.3 is 0 Å². The first-order chi connectivity index (χ1) is 20.1. The molecule has 0 atom stereocenters. The van der Waals surface area contributed by atoms with Gasteiger partial charge in [-0.1, -0.05) is 33.1 Å². The second-order valence-corrected chi connectivity index (χ2v) is 48.1. The molecule has 0 aliphatic heterocycles. The number of rotatable bonds is 25. The maximum atomic E-state index is 2.69. The molecule has 2 rings (SSSR count). The molecule has 0 unspecified atom stereocenters. The van der Waals surface area contributed by atoms with Crippen LogP contribution in [0.3, 0.4) is 0 Å². The summed E-state index contributed by atoms with van der Waals surface area (Å²) in [7, 11) is 0. The van der Waals surface area contributed by atoms with Crippen LogP contribution in [0.5, 0.6) is 0 Å². The number of aryl methyl sites for hydroxylation is 2. The summed E-state index contributed by atoms with van der Waals surface area (Å²) in [5.74, 6) is 0. The maximum absolute atomic E-state index is 2.69. The van der Waals surface area contributed by atoms with Crippen molar-refractivity contribution in [3.05, 3.63) is 23.3 Å². The quantitative estimate of drug-likeness (QED) is 0.0691. The SMILES string of the molecule is CCCCCCCCCCCCc1c[c]([Sn]([CH3])([CH3])[CH3])sc1-c1cc(CCCCCCCCCCCC)[c]([Sn]([CH3])([CH3])[CH3])s1. The molecule has 2 heterocycles. The molecule has 0 radical (unpaired) electrons. The molecule has 4 heteroatoms. The topological polar surface area (TPSA) is 0 Å². The van der Waals surface area contributed by atoms with Crippen LogP contribution in [0, 0.1) is 0 Å². The van der Waals surface area contributed by atoms with Gasteiger partial charge in [0.05, 0.1) is 0 Å². The second kappa shape index (κ2) is 21.7. The van der Waals surface area contributed by atoms with Gasteiger partial charge in [-0.2, -0.15) is 0 Å². The molecule has 0 N–H and O–H groups in total. The number of hydrogen-bond donors (Lipinski definition) is 0. The van der Waals surface area contributed by atoms with Crippen LogP contribution >= 0.6 is 22.7 Å². The molecule has 2 aromatic rings. The van der Waals surface area contributed by atoms with Crippen LogP contribution in [0.1, 0.15) is 153 Å². The number of unbranched alkanes of at least 4 members (excludes halogenated alkanes) is 18. The summed E-state index contributed by atoms with van der Waals surface area (Å²) in [6, 6.07) is 5.37. The van der Waals surface area contributed by atoms with Crippen LogP contribution in [0.4, 0.5) is 0 Å². The summed E-state index contributed by atoms with van der Waals surface area (Å²) in [6.45, 7) is 4.63. The van der Waals surface area contributed by atoms with Crippen molar-refractivity contribution in [2.24, 2.45) is 0 Å². The van der Waals surface area contributed by atoms with Crippen molar-refractivity contribution < 1.29 is 0 Å². The van der Waals surface area contributed by atoms with E-state index >= 15 is 0 Å². The Morgan fingerprint density at radius 1 is 0.452 bits per heavy atom. The Morgan fingerprint density at radius 2 is 0.857 bits per heavy atom. The zero-order valence-electron chi connectivity index (χ0n) is 29.5. The van der Waals surface area contributed by atoms with E-state index in [0.29, 0.717) is 0 Å². The van der Waals surface area contributed by atoms with Gasteiger partial charge in [0.15, 0.2) is 0 Å². The van der Waals surface area contributed by atoms with Crippen molar-refractivity contribution in [2.75, 3.05) is 0 Å². The molecule has 0 amide bonds. The molecule has 0 nitrogen and oxygen atoms in total. The molecule has 0 aliphatic rings. The number of thiophene rings is 2. The van der Waals surface area contributed by atoms with Crippen LogP contribution in [-0.2, 0) is 12.8 Å². The molecule has 0 spiro atoms. The van der Waals surface area contributed by atoms with E-state index in [-0.39, 0.29) is 0 Å². The number of hydrogen-bond acceptors (Lipinski definition) is 2. The fourth-order valence-corrected chi connectivity index (χ4v) is 20.9. The molecule has 0 bridgehead atoms. The molecule has 0 saturated carbocycles. The summed E-state index contributed by atoms with van der Waals surface area (Å²) in [6.07, 6.45) is 31.2. The molecule has 0 fully saturated rings. The van der Waals surface area contributed by atoms with Crippen molar-refractivity contribution in [3.63, 3.8) is 0 Å². The minimum absolute atomic E-state index is 1.30. The van der Waals surface area contributed by atoms with Crippen molar-refractivity contribution in [1.82, 2.24) is 0 Å². The van der Waals surface area contributed by atoms with Crippen molar-refractivity contribution in [1.29, 1.82) is 0 Å². The van der Waals surface area contributed by atoms with Crippen molar-refractivity contribution in [2.45, 2.75) is 185 Å². The summed E-state index contributed by atoms with van der Waals surface area (Å²) >= 11 is 0.163. The summed E-state index contributed by atoms with van der Waals surface area (Å²) < 4.78 is 3.64. The summed E-state index contributed by atoms with van der Waals surface area (Å²) in [5.41, 5.74) is 3.44. The zero-order chi connectivity index (χ0) is 30.8. The molecule has 2 aromatic heterocycles. The molecule has 0 aliphatic carbocycles. The van der Waals surface area contributed by atoms with Crippen molar-refractivity contribution in [3.8, 4) is 9.75 Å². The van der Waals surface area contributed by atoms with Crippen LogP contribution in [0.25, 0.3) is 9.75 Å². The average molecular weight is 829 g/mol. The Bertz CT molecular complexity index is 957. The van der Waals surface area contributed by atoms with E-state index in [4.69, 9.17) is 0 Å². The normalized spacial score (nSPS) is 12.5. The second-order valence-electron chi connectivity index (χ2n) is 15.3. The van der Waals surface area contributed by atoms with E-state index in [1.165, 1.54) is 141 Å². The van der Waals surface area contributed by atoms with Gasteiger partial charge in [-0.15, -0.1) is 0 Å². The Kier molecular flexibility index (Phi) is 20.3.